The van der Waals surface area contributed by atoms with Gasteiger partial charge in [0.25, 0.3) is 0 Å². The molecule has 2 atom stereocenters. The van der Waals surface area contributed by atoms with Crippen molar-refractivity contribution < 1.29 is 13.2 Å². The zero-order valence-electron chi connectivity index (χ0n) is 13.6. The molecular formula is C18H22N2O3S. The number of hydrogen-bond donors (Lipinski definition) is 1. The van der Waals surface area contributed by atoms with E-state index in [-0.39, 0.29) is 16.7 Å². The highest BCUT2D eigenvalue weighted by atomic mass is 32.2. The summed E-state index contributed by atoms with van der Waals surface area (Å²) in [4.78, 5) is 0.206. The lowest BCUT2D eigenvalue weighted by Crippen LogP contribution is -2.30. The van der Waals surface area contributed by atoms with Gasteiger partial charge in [-0.15, -0.1) is 0 Å². The second-order valence-corrected chi connectivity index (χ2v) is 7.89. The fourth-order valence-electron chi connectivity index (χ4n) is 3.32. The maximum atomic E-state index is 13.1. The highest BCUT2D eigenvalue weighted by Gasteiger charge is 2.40. The van der Waals surface area contributed by atoms with Crippen LogP contribution in [0.3, 0.4) is 0 Å². The summed E-state index contributed by atoms with van der Waals surface area (Å²) in [6, 6.07) is 16.7. The van der Waals surface area contributed by atoms with E-state index in [1.807, 2.05) is 30.3 Å². The molecule has 0 radical (unpaired) electrons. The van der Waals surface area contributed by atoms with Crippen molar-refractivity contribution in [3.63, 3.8) is 0 Å². The number of nitrogens with zero attached hydrogens (tertiary/aromatic N) is 1. The Morgan fingerprint density at radius 2 is 1.75 bits per heavy atom. The van der Waals surface area contributed by atoms with Crippen molar-refractivity contribution in [2.75, 3.05) is 26.7 Å². The Hall–Kier alpha value is -1.89. The fraction of sp³-hybridized carbons (Fsp3) is 0.333. The van der Waals surface area contributed by atoms with Crippen molar-refractivity contribution in [1.29, 1.82) is 0 Å². The van der Waals surface area contributed by atoms with E-state index in [1.54, 1.807) is 24.3 Å². The quantitative estimate of drug-likeness (QED) is 0.899. The molecule has 1 heterocycles. The van der Waals surface area contributed by atoms with Gasteiger partial charge in [0.2, 0.25) is 10.0 Å². The molecular weight excluding hydrogens is 324 g/mol. The van der Waals surface area contributed by atoms with Crippen LogP contribution in [0.25, 0.3) is 0 Å². The Labute approximate surface area is 143 Å². The van der Waals surface area contributed by atoms with Crippen LogP contribution in [0.2, 0.25) is 0 Å². The van der Waals surface area contributed by atoms with Crippen LogP contribution in [-0.2, 0) is 10.0 Å². The normalized spacial score (nSPS) is 21.8. The highest BCUT2D eigenvalue weighted by molar-refractivity contribution is 7.89. The molecule has 24 heavy (non-hydrogen) atoms. The standard InChI is InChI=1S/C18H22N2O3S/c1-23-17-9-5-6-10-18(17)24(21,22)20-12-15(11-19)16(13-20)14-7-3-2-4-8-14/h2-10,15-16H,11-13,19H2,1H3/t15-,16+/m1/s1. The average molecular weight is 346 g/mol. The summed E-state index contributed by atoms with van der Waals surface area (Å²) in [7, 11) is -2.13. The fourth-order valence-corrected chi connectivity index (χ4v) is 4.99. The Kier molecular flexibility index (Phi) is 4.89. The molecule has 0 saturated carbocycles. The van der Waals surface area contributed by atoms with Gasteiger partial charge in [-0.2, -0.15) is 4.31 Å². The first-order valence-corrected chi connectivity index (χ1v) is 9.40. The molecule has 2 N–H and O–H groups in total. The van der Waals surface area contributed by atoms with E-state index < -0.39 is 10.0 Å². The van der Waals surface area contributed by atoms with Crippen LogP contribution in [0.4, 0.5) is 0 Å². The molecule has 0 aliphatic carbocycles. The predicted molar refractivity (Wildman–Crippen MR) is 93.5 cm³/mol. The first-order chi connectivity index (χ1) is 11.6. The molecule has 3 rings (SSSR count). The Bertz CT molecular complexity index is 793. The molecule has 1 fully saturated rings. The minimum atomic E-state index is -3.61. The summed E-state index contributed by atoms with van der Waals surface area (Å²) in [5, 5.41) is 0. The zero-order chi connectivity index (χ0) is 17.2. The number of nitrogens with two attached hydrogens (primary N) is 1. The molecule has 6 heteroatoms. The van der Waals surface area contributed by atoms with Crippen molar-refractivity contribution in [1.82, 2.24) is 4.31 Å². The second kappa shape index (κ2) is 6.93. The van der Waals surface area contributed by atoms with Crippen LogP contribution in [-0.4, -0.2) is 39.5 Å². The smallest absolute Gasteiger partial charge is 0.246 e. The predicted octanol–water partition coefficient (Wildman–Crippen LogP) is 2.06. The minimum absolute atomic E-state index is 0.108. The molecule has 2 aromatic rings. The maximum Gasteiger partial charge on any atom is 0.246 e. The summed E-state index contributed by atoms with van der Waals surface area (Å²) in [6.07, 6.45) is 0. The van der Waals surface area contributed by atoms with Gasteiger partial charge in [0.05, 0.1) is 7.11 Å². The van der Waals surface area contributed by atoms with Crippen LogP contribution in [0.15, 0.2) is 59.5 Å². The number of rotatable bonds is 5. The van der Waals surface area contributed by atoms with Crippen LogP contribution in [0.1, 0.15) is 11.5 Å². The number of ether oxygens (including phenoxy) is 1. The van der Waals surface area contributed by atoms with Crippen molar-refractivity contribution in [3.05, 3.63) is 60.2 Å². The molecule has 128 valence electrons. The van der Waals surface area contributed by atoms with E-state index in [0.717, 1.165) is 5.56 Å². The first-order valence-electron chi connectivity index (χ1n) is 7.96. The molecule has 0 unspecified atom stereocenters. The van der Waals surface area contributed by atoms with E-state index in [2.05, 4.69) is 0 Å². The molecule has 0 amide bonds. The molecule has 1 saturated heterocycles. The highest BCUT2D eigenvalue weighted by Crippen LogP contribution is 2.36. The Balaban J connectivity index is 1.93. The minimum Gasteiger partial charge on any atom is -0.495 e. The van der Waals surface area contributed by atoms with Crippen molar-refractivity contribution >= 4 is 10.0 Å². The van der Waals surface area contributed by atoms with Gasteiger partial charge in [0.1, 0.15) is 10.6 Å². The molecule has 1 aliphatic heterocycles. The second-order valence-electron chi connectivity index (χ2n) is 5.99. The summed E-state index contributed by atoms with van der Waals surface area (Å²) in [5.74, 6) is 0.586. The Morgan fingerprint density at radius 3 is 2.42 bits per heavy atom. The molecule has 0 spiro atoms. The lowest BCUT2D eigenvalue weighted by molar-refractivity contribution is 0.397. The van der Waals surface area contributed by atoms with Gasteiger partial charge >= 0.3 is 0 Å². The van der Waals surface area contributed by atoms with E-state index in [1.165, 1.54) is 11.4 Å². The van der Waals surface area contributed by atoms with Crippen LogP contribution in [0, 0.1) is 5.92 Å². The third-order valence-electron chi connectivity index (χ3n) is 4.62. The topological polar surface area (TPSA) is 72.6 Å². The van der Waals surface area contributed by atoms with Gasteiger partial charge in [0.15, 0.2) is 0 Å². The third-order valence-corrected chi connectivity index (χ3v) is 6.50. The summed E-state index contributed by atoms with van der Waals surface area (Å²) < 4.78 is 32.9. The van der Waals surface area contributed by atoms with Crippen LogP contribution < -0.4 is 10.5 Å². The van der Waals surface area contributed by atoms with E-state index in [9.17, 15) is 8.42 Å². The number of sulfonamides is 1. The van der Waals surface area contributed by atoms with Gasteiger partial charge in [-0.3, -0.25) is 0 Å². The maximum absolute atomic E-state index is 13.1. The Morgan fingerprint density at radius 1 is 1.08 bits per heavy atom. The van der Waals surface area contributed by atoms with E-state index in [0.29, 0.717) is 25.4 Å². The van der Waals surface area contributed by atoms with Gasteiger partial charge < -0.3 is 10.5 Å². The van der Waals surface area contributed by atoms with Crippen molar-refractivity contribution in [2.45, 2.75) is 10.8 Å². The number of methoxy groups -OCH3 is 1. The van der Waals surface area contributed by atoms with Gasteiger partial charge in [0, 0.05) is 19.0 Å². The monoisotopic (exact) mass is 346 g/mol. The van der Waals surface area contributed by atoms with Gasteiger partial charge in [-0.25, -0.2) is 8.42 Å². The first kappa shape index (κ1) is 17.0. The van der Waals surface area contributed by atoms with Crippen LogP contribution in [0.5, 0.6) is 5.75 Å². The summed E-state index contributed by atoms with van der Waals surface area (Å²) in [5.41, 5.74) is 7.05. The number of hydrogen-bond acceptors (Lipinski definition) is 4. The molecule has 0 bridgehead atoms. The molecule has 5 nitrogen and oxygen atoms in total. The van der Waals surface area contributed by atoms with Crippen LogP contribution >= 0.6 is 0 Å². The van der Waals surface area contributed by atoms with E-state index in [4.69, 9.17) is 10.5 Å². The number of benzene rings is 2. The SMILES string of the molecule is COc1ccccc1S(=O)(=O)N1C[C@@H](CN)[C@H](c2ccccc2)C1. The van der Waals surface area contributed by atoms with Gasteiger partial charge in [-0.1, -0.05) is 42.5 Å². The average Bonchev–Trinajstić information content (AvgIpc) is 3.07. The lowest BCUT2D eigenvalue weighted by Gasteiger charge is -2.18. The molecule has 1 aliphatic rings. The zero-order valence-corrected chi connectivity index (χ0v) is 14.4. The van der Waals surface area contributed by atoms with Crippen molar-refractivity contribution in [2.24, 2.45) is 11.7 Å². The summed E-state index contributed by atoms with van der Waals surface area (Å²) >= 11 is 0. The lowest BCUT2D eigenvalue weighted by atomic mass is 9.89. The molecule has 2 aromatic carbocycles. The van der Waals surface area contributed by atoms with Crippen molar-refractivity contribution in [3.8, 4) is 5.75 Å². The van der Waals surface area contributed by atoms with E-state index >= 15 is 0 Å². The van der Waals surface area contributed by atoms with Gasteiger partial charge in [-0.05, 0) is 30.2 Å². The summed E-state index contributed by atoms with van der Waals surface area (Å²) in [6.45, 7) is 1.32. The number of para-hydroxylation sites is 1. The molecule has 0 aromatic heterocycles. The largest absolute Gasteiger partial charge is 0.495 e. The third kappa shape index (κ3) is 3.05.